The second kappa shape index (κ2) is 10.1. The minimum atomic E-state index is 0. The van der Waals surface area contributed by atoms with Gasteiger partial charge in [-0.05, 0) is 61.3 Å². The molecule has 0 saturated heterocycles. The molecule has 1 N–H and O–H groups in total. The van der Waals surface area contributed by atoms with Gasteiger partial charge in [-0.15, -0.1) is 12.4 Å². The van der Waals surface area contributed by atoms with E-state index in [0.29, 0.717) is 0 Å². The highest BCUT2D eigenvalue weighted by atomic mass is 35.5. The summed E-state index contributed by atoms with van der Waals surface area (Å²) in [7, 11) is 3.38. The van der Waals surface area contributed by atoms with Gasteiger partial charge in [0.1, 0.15) is 11.5 Å². The molecule has 0 saturated carbocycles. The number of hydrogen-bond acceptors (Lipinski definition) is 3. The molecule has 120 valence electrons. The summed E-state index contributed by atoms with van der Waals surface area (Å²) in [6.45, 7) is 1.98. The molecule has 0 aliphatic heterocycles. The first-order chi connectivity index (χ1) is 10.3. The molecule has 0 aromatic heterocycles. The lowest BCUT2D eigenvalue weighted by molar-refractivity contribution is 0.414. The topological polar surface area (TPSA) is 30.5 Å². The van der Waals surface area contributed by atoms with E-state index >= 15 is 0 Å². The van der Waals surface area contributed by atoms with E-state index in [0.717, 1.165) is 37.4 Å². The molecule has 2 aromatic carbocycles. The predicted molar refractivity (Wildman–Crippen MR) is 93.5 cm³/mol. The summed E-state index contributed by atoms with van der Waals surface area (Å²) >= 11 is 0. The number of ether oxygens (including phenoxy) is 2. The fourth-order valence-corrected chi connectivity index (χ4v) is 2.17. The lowest BCUT2D eigenvalue weighted by atomic mass is 10.1. The van der Waals surface area contributed by atoms with Crippen molar-refractivity contribution in [1.82, 2.24) is 5.32 Å². The van der Waals surface area contributed by atoms with Gasteiger partial charge in [-0.2, -0.15) is 0 Å². The third-order valence-corrected chi connectivity index (χ3v) is 3.50. The summed E-state index contributed by atoms with van der Waals surface area (Å²) in [6, 6.07) is 16.5. The highest BCUT2D eigenvalue weighted by Gasteiger charge is 1.96. The van der Waals surface area contributed by atoms with Crippen molar-refractivity contribution >= 4 is 12.4 Å². The minimum Gasteiger partial charge on any atom is -0.497 e. The molecule has 2 aromatic rings. The lowest BCUT2D eigenvalue weighted by Crippen LogP contribution is -2.20. The van der Waals surface area contributed by atoms with Crippen molar-refractivity contribution < 1.29 is 9.47 Å². The number of benzene rings is 2. The van der Waals surface area contributed by atoms with E-state index in [9.17, 15) is 0 Å². The summed E-state index contributed by atoms with van der Waals surface area (Å²) in [5.41, 5.74) is 2.65. The molecule has 4 heteroatoms. The zero-order valence-corrected chi connectivity index (χ0v) is 14.0. The van der Waals surface area contributed by atoms with Gasteiger partial charge in [-0.3, -0.25) is 0 Å². The number of halogens is 1. The van der Waals surface area contributed by atoms with Crippen molar-refractivity contribution in [3.05, 3.63) is 59.7 Å². The molecule has 0 amide bonds. The van der Waals surface area contributed by atoms with E-state index in [1.165, 1.54) is 11.1 Å². The Morgan fingerprint density at radius 1 is 0.682 bits per heavy atom. The van der Waals surface area contributed by atoms with E-state index in [-0.39, 0.29) is 12.4 Å². The molecular weight excluding hydrogens is 298 g/mol. The third kappa shape index (κ3) is 5.96. The number of methoxy groups -OCH3 is 2. The Balaban J connectivity index is 0.00000242. The molecule has 0 spiro atoms. The summed E-state index contributed by atoms with van der Waals surface area (Å²) in [6.07, 6.45) is 2.07. The Labute approximate surface area is 139 Å². The van der Waals surface area contributed by atoms with E-state index in [4.69, 9.17) is 9.47 Å². The van der Waals surface area contributed by atoms with Crippen molar-refractivity contribution in [2.24, 2.45) is 0 Å². The van der Waals surface area contributed by atoms with Gasteiger partial charge in [-0.1, -0.05) is 24.3 Å². The van der Waals surface area contributed by atoms with Crippen LogP contribution in [0.25, 0.3) is 0 Å². The molecule has 0 atom stereocenters. The fourth-order valence-electron chi connectivity index (χ4n) is 2.17. The normalized spacial score (nSPS) is 9.91. The highest BCUT2D eigenvalue weighted by molar-refractivity contribution is 5.85. The monoisotopic (exact) mass is 321 g/mol. The van der Waals surface area contributed by atoms with Crippen LogP contribution in [-0.4, -0.2) is 27.3 Å². The predicted octanol–water partition coefficient (Wildman–Crippen LogP) is 3.50. The van der Waals surface area contributed by atoms with E-state index in [1.54, 1.807) is 14.2 Å². The van der Waals surface area contributed by atoms with Crippen molar-refractivity contribution in [3.63, 3.8) is 0 Å². The van der Waals surface area contributed by atoms with Crippen molar-refractivity contribution in [2.75, 3.05) is 27.3 Å². The quantitative estimate of drug-likeness (QED) is 0.755. The maximum absolute atomic E-state index is 5.15. The molecule has 0 fully saturated rings. The van der Waals surface area contributed by atoms with Gasteiger partial charge in [0, 0.05) is 0 Å². The van der Waals surface area contributed by atoms with Crippen molar-refractivity contribution in [1.29, 1.82) is 0 Å². The first kappa shape index (κ1) is 18.3. The van der Waals surface area contributed by atoms with Gasteiger partial charge in [0.05, 0.1) is 14.2 Å². The van der Waals surface area contributed by atoms with Crippen LogP contribution < -0.4 is 14.8 Å². The van der Waals surface area contributed by atoms with Gasteiger partial charge < -0.3 is 14.8 Å². The minimum absolute atomic E-state index is 0. The molecule has 0 heterocycles. The zero-order valence-electron chi connectivity index (χ0n) is 13.2. The maximum atomic E-state index is 5.15. The Kier molecular flexibility index (Phi) is 8.41. The molecule has 2 rings (SSSR count). The number of rotatable bonds is 8. The van der Waals surface area contributed by atoms with Crippen LogP contribution in [0.3, 0.4) is 0 Å². The van der Waals surface area contributed by atoms with Crippen molar-refractivity contribution in [2.45, 2.75) is 12.8 Å². The average Bonchev–Trinajstić information content (AvgIpc) is 2.55. The standard InChI is InChI=1S/C18H23NO2.ClH/c1-20-17-7-3-15(4-8-17)11-13-19-14-12-16-5-9-18(21-2)10-6-16;/h3-10,19H,11-14H2,1-2H3;1H. The molecule has 0 radical (unpaired) electrons. The SMILES string of the molecule is COc1ccc(CCNCCc2ccc(OC)cc2)cc1.Cl. The van der Waals surface area contributed by atoms with Crippen LogP contribution in [0.15, 0.2) is 48.5 Å². The summed E-state index contributed by atoms with van der Waals surface area (Å²) < 4.78 is 10.3. The highest BCUT2D eigenvalue weighted by Crippen LogP contribution is 2.12. The third-order valence-electron chi connectivity index (χ3n) is 3.50. The summed E-state index contributed by atoms with van der Waals surface area (Å²) in [4.78, 5) is 0. The van der Waals surface area contributed by atoms with Crippen LogP contribution in [0.2, 0.25) is 0 Å². The maximum Gasteiger partial charge on any atom is 0.118 e. The van der Waals surface area contributed by atoms with E-state index < -0.39 is 0 Å². The molecule has 0 bridgehead atoms. The number of nitrogens with one attached hydrogen (secondary N) is 1. The average molecular weight is 322 g/mol. The Bertz CT molecular complexity index is 476. The van der Waals surface area contributed by atoms with Crippen LogP contribution in [0.1, 0.15) is 11.1 Å². The lowest BCUT2D eigenvalue weighted by Gasteiger charge is -2.07. The van der Waals surface area contributed by atoms with E-state index in [2.05, 4.69) is 29.6 Å². The van der Waals surface area contributed by atoms with Crippen molar-refractivity contribution in [3.8, 4) is 11.5 Å². The van der Waals surface area contributed by atoms with Gasteiger partial charge in [-0.25, -0.2) is 0 Å². The largest absolute Gasteiger partial charge is 0.497 e. The smallest absolute Gasteiger partial charge is 0.118 e. The molecule has 0 unspecified atom stereocenters. The molecular formula is C18H24ClNO2. The zero-order chi connectivity index (χ0) is 14.9. The Morgan fingerprint density at radius 2 is 1.05 bits per heavy atom. The summed E-state index contributed by atoms with van der Waals surface area (Å²) in [5.74, 6) is 1.82. The summed E-state index contributed by atoms with van der Waals surface area (Å²) in [5, 5.41) is 3.48. The Morgan fingerprint density at radius 3 is 1.36 bits per heavy atom. The van der Waals surface area contributed by atoms with Crippen LogP contribution in [-0.2, 0) is 12.8 Å². The Hall–Kier alpha value is -1.71. The molecule has 0 aliphatic rings. The van der Waals surface area contributed by atoms with Crippen LogP contribution >= 0.6 is 12.4 Å². The fraction of sp³-hybridized carbons (Fsp3) is 0.333. The van der Waals surface area contributed by atoms with E-state index in [1.807, 2.05) is 24.3 Å². The van der Waals surface area contributed by atoms with Crippen LogP contribution in [0, 0.1) is 0 Å². The second-order valence-electron chi connectivity index (χ2n) is 4.95. The van der Waals surface area contributed by atoms with Crippen LogP contribution in [0.4, 0.5) is 0 Å². The van der Waals surface area contributed by atoms with Gasteiger partial charge in [0.15, 0.2) is 0 Å². The first-order valence-electron chi connectivity index (χ1n) is 7.28. The molecule has 3 nitrogen and oxygen atoms in total. The van der Waals surface area contributed by atoms with Gasteiger partial charge in [0.25, 0.3) is 0 Å². The number of hydrogen-bond donors (Lipinski definition) is 1. The second-order valence-corrected chi connectivity index (χ2v) is 4.95. The van der Waals surface area contributed by atoms with Gasteiger partial charge >= 0.3 is 0 Å². The first-order valence-corrected chi connectivity index (χ1v) is 7.28. The molecule has 22 heavy (non-hydrogen) atoms. The molecule has 0 aliphatic carbocycles. The van der Waals surface area contributed by atoms with Gasteiger partial charge in [0.2, 0.25) is 0 Å². The van der Waals surface area contributed by atoms with Crippen LogP contribution in [0.5, 0.6) is 11.5 Å².